The molecule has 1 heterocycles. The Balaban J connectivity index is 2.20. The largest absolute Gasteiger partial charge is 0.379 e. The SMILES string of the molecule is COC1CCCC1n1c(C(C)Cl)nc2ccc(C)cc21. The molecule has 4 heteroatoms. The lowest BCUT2D eigenvalue weighted by atomic mass is 10.1. The van der Waals surface area contributed by atoms with E-state index in [0.29, 0.717) is 6.04 Å². The normalized spacial score (nSPS) is 24.4. The van der Waals surface area contributed by atoms with Gasteiger partial charge in [0.05, 0.1) is 28.6 Å². The topological polar surface area (TPSA) is 27.1 Å². The van der Waals surface area contributed by atoms with Crippen molar-refractivity contribution in [3.05, 3.63) is 29.6 Å². The quantitative estimate of drug-likeness (QED) is 0.785. The number of aryl methyl sites for hydroxylation is 1. The van der Waals surface area contributed by atoms with Crippen LogP contribution in [0.25, 0.3) is 11.0 Å². The molecule has 0 N–H and O–H groups in total. The molecule has 108 valence electrons. The van der Waals surface area contributed by atoms with Gasteiger partial charge < -0.3 is 9.30 Å². The van der Waals surface area contributed by atoms with Gasteiger partial charge in [-0.1, -0.05) is 6.07 Å². The smallest absolute Gasteiger partial charge is 0.128 e. The van der Waals surface area contributed by atoms with Gasteiger partial charge in [-0.3, -0.25) is 0 Å². The van der Waals surface area contributed by atoms with E-state index in [1.54, 1.807) is 7.11 Å². The number of ether oxygens (including phenoxy) is 1. The Kier molecular flexibility index (Phi) is 3.74. The third-order valence-electron chi connectivity index (χ3n) is 4.28. The van der Waals surface area contributed by atoms with Crippen LogP contribution in [0.4, 0.5) is 0 Å². The molecular formula is C16H21ClN2O. The number of aromatic nitrogens is 2. The predicted octanol–water partition coefficient (Wildman–Crippen LogP) is 4.38. The molecular weight excluding hydrogens is 272 g/mol. The minimum Gasteiger partial charge on any atom is -0.379 e. The Morgan fingerprint density at radius 1 is 1.40 bits per heavy atom. The van der Waals surface area contributed by atoms with Crippen LogP contribution in [0, 0.1) is 6.92 Å². The lowest BCUT2D eigenvalue weighted by Gasteiger charge is -2.23. The molecule has 1 aliphatic rings. The van der Waals surface area contributed by atoms with Gasteiger partial charge in [0.25, 0.3) is 0 Å². The lowest BCUT2D eigenvalue weighted by molar-refractivity contribution is 0.0753. The van der Waals surface area contributed by atoms with Crippen LogP contribution in [0.5, 0.6) is 0 Å². The van der Waals surface area contributed by atoms with Crippen molar-refractivity contribution in [2.24, 2.45) is 0 Å². The van der Waals surface area contributed by atoms with Crippen molar-refractivity contribution in [2.45, 2.75) is 50.6 Å². The summed E-state index contributed by atoms with van der Waals surface area (Å²) in [6, 6.07) is 6.74. The number of hydrogen-bond acceptors (Lipinski definition) is 2. The molecule has 0 bridgehead atoms. The first-order valence-corrected chi connectivity index (χ1v) is 7.71. The highest BCUT2D eigenvalue weighted by molar-refractivity contribution is 6.20. The summed E-state index contributed by atoms with van der Waals surface area (Å²) in [7, 11) is 1.80. The molecule has 3 atom stereocenters. The maximum atomic E-state index is 6.36. The zero-order chi connectivity index (χ0) is 14.3. The molecule has 20 heavy (non-hydrogen) atoms. The van der Waals surface area contributed by atoms with Gasteiger partial charge in [0.15, 0.2) is 0 Å². The first-order valence-electron chi connectivity index (χ1n) is 7.27. The van der Waals surface area contributed by atoms with E-state index in [-0.39, 0.29) is 11.5 Å². The highest BCUT2D eigenvalue weighted by Gasteiger charge is 2.32. The molecule has 1 aliphatic carbocycles. The van der Waals surface area contributed by atoms with Crippen LogP contribution >= 0.6 is 11.6 Å². The van der Waals surface area contributed by atoms with Gasteiger partial charge in [0, 0.05) is 7.11 Å². The monoisotopic (exact) mass is 292 g/mol. The molecule has 3 nitrogen and oxygen atoms in total. The van der Waals surface area contributed by atoms with Crippen molar-refractivity contribution in [3.63, 3.8) is 0 Å². The first-order chi connectivity index (χ1) is 9.61. The average molecular weight is 293 g/mol. The van der Waals surface area contributed by atoms with Crippen LogP contribution < -0.4 is 0 Å². The van der Waals surface area contributed by atoms with Crippen molar-refractivity contribution in [2.75, 3.05) is 7.11 Å². The highest BCUT2D eigenvalue weighted by atomic mass is 35.5. The Morgan fingerprint density at radius 3 is 2.90 bits per heavy atom. The van der Waals surface area contributed by atoms with Gasteiger partial charge in [-0.2, -0.15) is 0 Å². The number of alkyl halides is 1. The molecule has 2 aromatic rings. The summed E-state index contributed by atoms with van der Waals surface area (Å²) in [5, 5.41) is -0.0965. The van der Waals surface area contributed by atoms with Gasteiger partial charge in [-0.15, -0.1) is 11.6 Å². The maximum Gasteiger partial charge on any atom is 0.128 e. The molecule has 1 fully saturated rings. The highest BCUT2D eigenvalue weighted by Crippen LogP contribution is 2.38. The molecule has 3 rings (SSSR count). The molecule has 0 spiro atoms. The number of nitrogens with zero attached hydrogens (tertiary/aromatic N) is 2. The van der Waals surface area contributed by atoms with Gasteiger partial charge >= 0.3 is 0 Å². The maximum absolute atomic E-state index is 6.36. The van der Waals surface area contributed by atoms with Crippen LogP contribution in [0.2, 0.25) is 0 Å². The summed E-state index contributed by atoms with van der Waals surface area (Å²) in [6.45, 7) is 4.10. The van der Waals surface area contributed by atoms with E-state index in [1.807, 2.05) is 6.92 Å². The Morgan fingerprint density at radius 2 is 2.20 bits per heavy atom. The number of halogens is 1. The zero-order valence-corrected chi connectivity index (χ0v) is 13.0. The molecule has 1 saturated carbocycles. The van der Waals surface area contributed by atoms with Crippen molar-refractivity contribution in [1.29, 1.82) is 0 Å². The summed E-state index contributed by atoms with van der Waals surface area (Å²) in [6.07, 6.45) is 3.71. The van der Waals surface area contributed by atoms with Gasteiger partial charge in [0.1, 0.15) is 5.82 Å². The van der Waals surface area contributed by atoms with E-state index in [2.05, 4.69) is 29.7 Å². The molecule has 3 unspecified atom stereocenters. The van der Waals surface area contributed by atoms with Crippen molar-refractivity contribution >= 4 is 22.6 Å². The number of hydrogen-bond donors (Lipinski definition) is 0. The van der Waals surface area contributed by atoms with Gasteiger partial charge in [0.2, 0.25) is 0 Å². The van der Waals surface area contributed by atoms with E-state index in [0.717, 1.165) is 24.2 Å². The Labute approximate surface area is 124 Å². The Bertz CT molecular complexity index is 620. The summed E-state index contributed by atoms with van der Waals surface area (Å²) in [4.78, 5) is 4.74. The fourth-order valence-electron chi connectivity index (χ4n) is 3.33. The Hall–Kier alpha value is -1.06. The fraction of sp³-hybridized carbons (Fsp3) is 0.562. The third kappa shape index (κ3) is 2.23. The minimum atomic E-state index is -0.0965. The molecule has 0 aliphatic heterocycles. The van der Waals surface area contributed by atoms with Crippen molar-refractivity contribution in [1.82, 2.24) is 9.55 Å². The summed E-state index contributed by atoms with van der Waals surface area (Å²) >= 11 is 6.36. The van der Waals surface area contributed by atoms with E-state index in [9.17, 15) is 0 Å². The number of methoxy groups -OCH3 is 1. The number of imidazole rings is 1. The third-order valence-corrected chi connectivity index (χ3v) is 4.48. The number of rotatable bonds is 3. The van der Waals surface area contributed by atoms with Crippen LogP contribution in [0.1, 0.15) is 49.0 Å². The average Bonchev–Trinajstić information content (AvgIpc) is 3.00. The van der Waals surface area contributed by atoms with Crippen LogP contribution in [0.15, 0.2) is 18.2 Å². The fourth-order valence-corrected chi connectivity index (χ4v) is 3.48. The number of fused-ring (bicyclic) bond motifs is 1. The van der Waals surface area contributed by atoms with Crippen molar-refractivity contribution in [3.8, 4) is 0 Å². The van der Waals surface area contributed by atoms with E-state index >= 15 is 0 Å². The second-order valence-corrected chi connectivity index (χ2v) is 6.38. The van der Waals surface area contributed by atoms with Gasteiger partial charge in [-0.25, -0.2) is 4.98 Å². The van der Waals surface area contributed by atoms with Crippen LogP contribution in [-0.4, -0.2) is 22.8 Å². The predicted molar refractivity (Wildman–Crippen MR) is 82.4 cm³/mol. The molecule has 0 amide bonds. The molecule has 0 saturated heterocycles. The van der Waals surface area contributed by atoms with E-state index < -0.39 is 0 Å². The van der Waals surface area contributed by atoms with Crippen LogP contribution in [-0.2, 0) is 4.74 Å². The van der Waals surface area contributed by atoms with E-state index in [4.69, 9.17) is 21.3 Å². The summed E-state index contributed by atoms with van der Waals surface area (Å²) < 4.78 is 7.99. The number of benzene rings is 1. The summed E-state index contributed by atoms with van der Waals surface area (Å²) in [5.41, 5.74) is 3.46. The van der Waals surface area contributed by atoms with E-state index in [1.165, 1.54) is 17.5 Å². The van der Waals surface area contributed by atoms with Crippen LogP contribution in [0.3, 0.4) is 0 Å². The molecule has 1 aromatic carbocycles. The lowest BCUT2D eigenvalue weighted by Crippen LogP contribution is -2.22. The van der Waals surface area contributed by atoms with Crippen molar-refractivity contribution < 1.29 is 4.74 Å². The first kappa shape index (κ1) is 13.9. The second kappa shape index (κ2) is 5.38. The molecule has 0 radical (unpaired) electrons. The van der Waals surface area contributed by atoms with Gasteiger partial charge in [-0.05, 0) is 50.8 Å². The standard InChI is InChI=1S/C16H21ClN2O/c1-10-7-8-12-14(9-10)19(16(18-12)11(2)17)13-5-4-6-15(13)20-3/h7-9,11,13,15H,4-6H2,1-3H3. The second-order valence-electron chi connectivity index (χ2n) is 5.72. The zero-order valence-electron chi connectivity index (χ0n) is 12.3. The summed E-state index contributed by atoms with van der Waals surface area (Å²) in [5.74, 6) is 0.959. The molecule has 1 aromatic heterocycles. The minimum absolute atomic E-state index is 0.0965.